The van der Waals surface area contributed by atoms with Gasteiger partial charge in [-0.2, -0.15) is 5.10 Å². The van der Waals surface area contributed by atoms with Crippen LogP contribution in [0.3, 0.4) is 0 Å². The number of hydrogen-bond donors (Lipinski definition) is 2. The van der Waals surface area contributed by atoms with Crippen LogP contribution >= 0.6 is 0 Å². The van der Waals surface area contributed by atoms with Crippen LogP contribution in [0.15, 0.2) is 0 Å². The highest BCUT2D eigenvalue weighted by atomic mass is 16.5. The Morgan fingerprint density at radius 3 is 2.88 bits per heavy atom. The Hall–Kier alpha value is -1.23. The maximum atomic E-state index is 5.96. The Morgan fingerprint density at radius 1 is 1.62 bits per heavy atom. The quantitative estimate of drug-likeness (QED) is 0.812. The van der Waals surface area contributed by atoms with Crippen molar-refractivity contribution in [1.29, 1.82) is 0 Å². The fraction of sp³-hybridized carbons (Fsp3) is 0.727. The number of nitrogens with one attached hydrogen (secondary N) is 1. The number of anilines is 2. The van der Waals surface area contributed by atoms with Gasteiger partial charge in [0, 0.05) is 13.7 Å². The van der Waals surface area contributed by atoms with Crippen LogP contribution in [0.5, 0.6) is 0 Å². The number of nitrogen functional groups attached to an aromatic ring is 1. The Balaban J connectivity index is 2.07. The molecule has 0 radical (unpaired) electrons. The van der Waals surface area contributed by atoms with Crippen molar-refractivity contribution in [2.24, 2.45) is 7.05 Å². The van der Waals surface area contributed by atoms with E-state index in [1.807, 2.05) is 14.0 Å². The molecule has 0 spiro atoms. The first-order valence-corrected chi connectivity index (χ1v) is 5.77. The van der Waals surface area contributed by atoms with Crippen LogP contribution in [0.2, 0.25) is 0 Å². The molecule has 90 valence electrons. The Bertz CT molecular complexity index is 368. The lowest BCUT2D eigenvalue weighted by Gasteiger charge is -2.21. The largest absolute Gasteiger partial charge is 0.394 e. The molecule has 1 fully saturated rings. The highest BCUT2D eigenvalue weighted by Crippen LogP contribution is 2.24. The lowest BCUT2D eigenvalue weighted by molar-refractivity contribution is 0.0995. The fourth-order valence-electron chi connectivity index (χ4n) is 2.15. The zero-order valence-electron chi connectivity index (χ0n) is 10.2. The standard InChI is InChI=1S/C11H20N4O/c1-7(9-5-4-6-16-9)13-11-10(12)8(2)14-15(11)3/h7,9,13H,4-6,12H2,1-3H3. The molecular formula is C11H20N4O. The van der Waals surface area contributed by atoms with Crippen LogP contribution in [0.1, 0.15) is 25.5 Å². The smallest absolute Gasteiger partial charge is 0.148 e. The minimum absolute atomic E-state index is 0.264. The summed E-state index contributed by atoms with van der Waals surface area (Å²) in [6, 6.07) is 0.264. The Kier molecular flexibility index (Phi) is 3.05. The Labute approximate surface area is 96.0 Å². The molecule has 3 N–H and O–H groups in total. The third-order valence-corrected chi connectivity index (χ3v) is 3.16. The number of nitrogens with two attached hydrogens (primary N) is 1. The van der Waals surface area contributed by atoms with Crippen molar-refractivity contribution in [3.8, 4) is 0 Å². The first-order valence-electron chi connectivity index (χ1n) is 5.77. The van der Waals surface area contributed by atoms with Gasteiger partial charge in [0.2, 0.25) is 0 Å². The van der Waals surface area contributed by atoms with Crippen molar-refractivity contribution in [2.45, 2.75) is 38.8 Å². The lowest BCUT2D eigenvalue weighted by Crippen LogP contribution is -2.31. The summed E-state index contributed by atoms with van der Waals surface area (Å²) in [5.74, 6) is 0.889. The monoisotopic (exact) mass is 224 g/mol. The van der Waals surface area contributed by atoms with Crippen molar-refractivity contribution in [3.05, 3.63) is 5.69 Å². The molecule has 0 saturated carbocycles. The van der Waals surface area contributed by atoms with Crippen LogP contribution in [0.4, 0.5) is 11.5 Å². The first kappa shape index (κ1) is 11.3. The zero-order chi connectivity index (χ0) is 11.7. The summed E-state index contributed by atoms with van der Waals surface area (Å²) in [6.45, 7) is 4.91. The molecular weight excluding hydrogens is 204 g/mol. The molecule has 0 aliphatic carbocycles. The van der Waals surface area contributed by atoms with Crippen molar-refractivity contribution < 1.29 is 4.74 Å². The van der Waals surface area contributed by atoms with E-state index in [0.717, 1.165) is 36.6 Å². The first-order chi connectivity index (χ1) is 7.59. The van der Waals surface area contributed by atoms with E-state index in [2.05, 4.69) is 17.3 Å². The molecule has 1 aromatic heterocycles. The van der Waals surface area contributed by atoms with Gasteiger partial charge < -0.3 is 15.8 Å². The van der Waals surface area contributed by atoms with Crippen molar-refractivity contribution >= 4 is 11.5 Å². The second kappa shape index (κ2) is 4.33. The van der Waals surface area contributed by atoms with Crippen molar-refractivity contribution in [1.82, 2.24) is 9.78 Å². The molecule has 0 aromatic carbocycles. The van der Waals surface area contributed by atoms with Gasteiger partial charge in [-0.15, -0.1) is 0 Å². The second-order valence-electron chi connectivity index (χ2n) is 4.46. The summed E-state index contributed by atoms with van der Waals surface area (Å²) in [4.78, 5) is 0. The number of aryl methyl sites for hydroxylation is 2. The van der Waals surface area contributed by atoms with Crippen LogP contribution in [-0.4, -0.2) is 28.5 Å². The molecule has 5 nitrogen and oxygen atoms in total. The number of nitrogens with zero attached hydrogens (tertiary/aromatic N) is 2. The predicted molar refractivity (Wildman–Crippen MR) is 64.4 cm³/mol. The molecule has 2 rings (SSSR count). The topological polar surface area (TPSA) is 65.1 Å². The van der Waals surface area contributed by atoms with Gasteiger partial charge in [0.25, 0.3) is 0 Å². The normalized spacial score (nSPS) is 22.3. The lowest BCUT2D eigenvalue weighted by atomic mass is 10.1. The third kappa shape index (κ3) is 2.00. The third-order valence-electron chi connectivity index (χ3n) is 3.16. The van der Waals surface area contributed by atoms with Gasteiger partial charge in [0.15, 0.2) is 0 Å². The highest BCUT2D eigenvalue weighted by molar-refractivity contribution is 5.64. The summed E-state index contributed by atoms with van der Waals surface area (Å²) in [5, 5.41) is 7.67. The van der Waals surface area contributed by atoms with E-state index in [-0.39, 0.29) is 12.1 Å². The average Bonchev–Trinajstić information content (AvgIpc) is 2.83. The van der Waals surface area contributed by atoms with Gasteiger partial charge in [-0.1, -0.05) is 0 Å². The maximum absolute atomic E-state index is 5.96. The van der Waals surface area contributed by atoms with Crippen LogP contribution in [0.25, 0.3) is 0 Å². The average molecular weight is 224 g/mol. The zero-order valence-corrected chi connectivity index (χ0v) is 10.2. The van der Waals surface area contributed by atoms with Gasteiger partial charge in [-0.05, 0) is 26.7 Å². The summed E-state index contributed by atoms with van der Waals surface area (Å²) < 4.78 is 7.43. The minimum atomic E-state index is 0.264. The number of ether oxygens (including phenoxy) is 1. The number of rotatable bonds is 3. The van der Waals surface area contributed by atoms with Gasteiger partial charge >= 0.3 is 0 Å². The molecule has 0 bridgehead atoms. The molecule has 16 heavy (non-hydrogen) atoms. The molecule has 1 saturated heterocycles. The summed E-state index contributed by atoms with van der Waals surface area (Å²) in [5.41, 5.74) is 7.56. The van der Waals surface area contributed by atoms with E-state index in [1.54, 1.807) is 4.68 Å². The molecule has 2 heterocycles. The summed E-state index contributed by atoms with van der Waals surface area (Å²) in [7, 11) is 1.90. The van der Waals surface area contributed by atoms with E-state index >= 15 is 0 Å². The number of hydrogen-bond acceptors (Lipinski definition) is 4. The molecule has 2 unspecified atom stereocenters. The predicted octanol–water partition coefficient (Wildman–Crippen LogP) is 1.29. The van der Waals surface area contributed by atoms with Gasteiger partial charge in [0.05, 0.1) is 23.5 Å². The summed E-state index contributed by atoms with van der Waals surface area (Å²) >= 11 is 0. The van der Waals surface area contributed by atoms with Gasteiger partial charge in [-0.3, -0.25) is 4.68 Å². The number of aromatic nitrogens is 2. The van der Waals surface area contributed by atoms with Crippen molar-refractivity contribution in [3.63, 3.8) is 0 Å². The van der Waals surface area contributed by atoms with E-state index < -0.39 is 0 Å². The Morgan fingerprint density at radius 2 is 2.38 bits per heavy atom. The summed E-state index contributed by atoms with van der Waals surface area (Å²) in [6.07, 6.45) is 2.55. The van der Waals surface area contributed by atoms with Crippen LogP contribution in [0, 0.1) is 6.92 Å². The van der Waals surface area contributed by atoms with Gasteiger partial charge in [-0.25, -0.2) is 0 Å². The minimum Gasteiger partial charge on any atom is -0.394 e. The van der Waals surface area contributed by atoms with Crippen LogP contribution in [-0.2, 0) is 11.8 Å². The fourth-order valence-corrected chi connectivity index (χ4v) is 2.15. The van der Waals surface area contributed by atoms with Gasteiger partial charge in [0.1, 0.15) is 5.82 Å². The molecule has 5 heteroatoms. The van der Waals surface area contributed by atoms with Crippen LogP contribution < -0.4 is 11.1 Å². The van der Waals surface area contributed by atoms with E-state index in [1.165, 1.54) is 0 Å². The van der Waals surface area contributed by atoms with E-state index in [9.17, 15) is 0 Å². The molecule has 1 aliphatic heterocycles. The maximum Gasteiger partial charge on any atom is 0.148 e. The molecule has 2 atom stereocenters. The molecule has 0 amide bonds. The molecule has 1 aromatic rings. The van der Waals surface area contributed by atoms with E-state index in [4.69, 9.17) is 10.5 Å². The second-order valence-corrected chi connectivity index (χ2v) is 4.46. The molecule has 1 aliphatic rings. The highest BCUT2D eigenvalue weighted by Gasteiger charge is 2.23. The van der Waals surface area contributed by atoms with Crippen molar-refractivity contribution in [2.75, 3.05) is 17.7 Å². The SMILES string of the molecule is Cc1nn(C)c(NC(C)C2CCCO2)c1N. The van der Waals surface area contributed by atoms with E-state index in [0.29, 0.717) is 0 Å².